The first-order chi connectivity index (χ1) is 11.7. The zero-order chi connectivity index (χ0) is 18.2. The van der Waals surface area contributed by atoms with Gasteiger partial charge in [0.15, 0.2) is 5.69 Å². The smallest absolute Gasteiger partial charge is 0.272 e. The second kappa shape index (κ2) is 7.00. The van der Waals surface area contributed by atoms with E-state index in [1.807, 2.05) is 37.6 Å². The minimum absolute atomic E-state index is 0.0986. The molecule has 0 saturated heterocycles. The number of carbonyl (C=O) groups excluding carboxylic acids is 1. The molecule has 0 atom stereocenters. The monoisotopic (exact) mass is 379 g/mol. The fourth-order valence-corrected chi connectivity index (χ4v) is 3.52. The van der Waals surface area contributed by atoms with Gasteiger partial charge in [-0.05, 0) is 64.2 Å². The molecule has 2 aromatic rings. The maximum Gasteiger partial charge on any atom is 0.272 e. The molecule has 1 amide bonds. The van der Waals surface area contributed by atoms with Crippen molar-refractivity contribution < 1.29 is 4.79 Å². The van der Waals surface area contributed by atoms with Crippen LogP contribution in [0.5, 0.6) is 0 Å². The molecule has 0 spiro atoms. The molecule has 4 nitrogen and oxygen atoms in total. The number of nitrogens with one attached hydrogen (secondary N) is 1. The molecular weight excluding hydrogens is 357 g/mol. The van der Waals surface area contributed by atoms with Crippen LogP contribution >= 0.6 is 23.2 Å². The average Bonchev–Trinajstić information content (AvgIpc) is 2.88. The molecule has 0 bridgehead atoms. The summed E-state index contributed by atoms with van der Waals surface area (Å²) in [5, 5.41) is 8.75. The molecule has 3 rings (SSSR count). The first-order valence-corrected chi connectivity index (χ1v) is 9.35. The molecule has 1 aliphatic carbocycles. The van der Waals surface area contributed by atoms with Crippen molar-refractivity contribution >= 4 is 29.1 Å². The Bertz CT molecular complexity index is 806. The van der Waals surface area contributed by atoms with Gasteiger partial charge in [-0.1, -0.05) is 29.3 Å². The van der Waals surface area contributed by atoms with Gasteiger partial charge in [-0.2, -0.15) is 5.10 Å². The predicted octanol–water partition coefficient (Wildman–Crippen LogP) is 4.65. The lowest BCUT2D eigenvalue weighted by Gasteiger charge is -2.20. The minimum Gasteiger partial charge on any atom is -0.346 e. The highest BCUT2D eigenvalue weighted by Crippen LogP contribution is 2.27. The molecule has 0 radical (unpaired) electrons. The molecule has 1 aromatic heterocycles. The van der Waals surface area contributed by atoms with Crippen LogP contribution in [-0.4, -0.2) is 21.2 Å². The van der Waals surface area contributed by atoms with Gasteiger partial charge in [0.25, 0.3) is 5.91 Å². The van der Waals surface area contributed by atoms with Gasteiger partial charge in [0.05, 0.1) is 16.6 Å². The van der Waals surface area contributed by atoms with Crippen molar-refractivity contribution in [2.75, 3.05) is 0 Å². The third kappa shape index (κ3) is 4.18. The lowest BCUT2D eigenvalue weighted by molar-refractivity contribution is 0.0912. The lowest BCUT2D eigenvalue weighted by Crippen LogP contribution is -2.41. The average molecular weight is 380 g/mol. The van der Waals surface area contributed by atoms with E-state index in [1.165, 1.54) is 0 Å². The summed E-state index contributed by atoms with van der Waals surface area (Å²) >= 11 is 12.1. The molecule has 1 N–H and O–H groups in total. The van der Waals surface area contributed by atoms with Gasteiger partial charge < -0.3 is 5.32 Å². The number of fused-ring (bicyclic) bond motifs is 1. The van der Waals surface area contributed by atoms with Crippen LogP contribution in [0, 0.1) is 0 Å². The number of rotatable bonds is 3. The van der Waals surface area contributed by atoms with Crippen LogP contribution in [0.25, 0.3) is 0 Å². The van der Waals surface area contributed by atoms with Crippen LogP contribution in [0.1, 0.15) is 60.9 Å². The quantitative estimate of drug-likeness (QED) is 0.843. The van der Waals surface area contributed by atoms with Gasteiger partial charge in [0.2, 0.25) is 0 Å². The molecule has 6 heteroatoms. The Morgan fingerprint density at radius 2 is 1.92 bits per heavy atom. The number of aromatic nitrogens is 2. The third-order valence-corrected chi connectivity index (χ3v) is 5.02. The summed E-state index contributed by atoms with van der Waals surface area (Å²) in [6.07, 6.45) is 4.08. The van der Waals surface area contributed by atoms with Crippen molar-refractivity contribution in [3.05, 3.63) is 50.8 Å². The molecule has 1 heterocycles. The normalized spacial score (nSPS) is 14.3. The maximum absolute atomic E-state index is 12.7. The fourth-order valence-electron chi connectivity index (χ4n) is 3.19. The Labute approximate surface area is 158 Å². The van der Waals surface area contributed by atoms with E-state index in [-0.39, 0.29) is 11.4 Å². The second-order valence-corrected chi connectivity index (χ2v) is 8.41. The Morgan fingerprint density at radius 3 is 2.60 bits per heavy atom. The van der Waals surface area contributed by atoms with E-state index in [0.29, 0.717) is 22.3 Å². The lowest BCUT2D eigenvalue weighted by atomic mass is 9.95. The van der Waals surface area contributed by atoms with Gasteiger partial charge in [0.1, 0.15) is 0 Å². The number of carbonyl (C=O) groups is 1. The predicted molar refractivity (Wildman–Crippen MR) is 102 cm³/mol. The zero-order valence-corrected chi connectivity index (χ0v) is 16.3. The summed E-state index contributed by atoms with van der Waals surface area (Å²) in [7, 11) is 0. The molecule has 1 aliphatic rings. The van der Waals surface area contributed by atoms with Crippen molar-refractivity contribution in [2.24, 2.45) is 0 Å². The van der Waals surface area contributed by atoms with Crippen molar-refractivity contribution in [2.45, 2.75) is 58.5 Å². The van der Waals surface area contributed by atoms with Crippen LogP contribution in [0.3, 0.4) is 0 Å². The third-order valence-electron chi connectivity index (χ3n) is 4.28. The van der Waals surface area contributed by atoms with Gasteiger partial charge in [-0.25, -0.2) is 0 Å². The second-order valence-electron chi connectivity index (χ2n) is 7.59. The van der Waals surface area contributed by atoms with Gasteiger partial charge in [0, 0.05) is 16.8 Å². The van der Waals surface area contributed by atoms with E-state index in [4.69, 9.17) is 23.2 Å². The molecular formula is C19H23Cl2N3O. The highest BCUT2D eigenvalue weighted by molar-refractivity contribution is 6.42. The topological polar surface area (TPSA) is 46.9 Å². The van der Waals surface area contributed by atoms with E-state index in [9.17, 15) is 4.79 Å². The molecule has 0 aliphatic heterocycles. The molecule has 1 aromatic carbocycles. The summed E-state index contributed by atoms with van der Waals surface area (Å²) < 4.78 is 1.95. The van der Waals surface area contributed by atoms with E-state index in [2.05, 4.69) is 10.4 Å². The molecule has 134 valence electrons. The van der Waals surface area contributed by atoms with Gasteiger partial charge in [-0.3, -0.25) is 9.48 Å². The summed E-state index contributed by atoms with van der Waals surface area (Å²) in [6, 6.07) is 5.60. The van der Waals surface area contributed by atoms with Crippen molar-refractivity contribution in [3.63, 3.8) is 0 Å². The summed E-state index contributed by atoms with van der Waals surface area (Å²) in [4.78, 5) is 12.7. The Kier molecular flexibility index (Phi) is 5.12. The van der Waals surface area contributed by atoms with E-state index < -0.39 is 0 Å². The number of halogens is 2. The Morgan fingerprint density at radius 1 is 1.20 bits per heavy atom. The minimum atomic E-state index is -0.286. The number of benzene rings is 1. The van der Waals surface area contributed by atoms with Crippen molar-refractivity contribution in [1.29, 1.82) is 0 Å². The summed E-state index contributed by atoms with van der Waals surface area (Å²) in [5.74, 6) is -0.0986. The number of amides is 1. The number of hydrogen-bond donors (Lipinski definition) is 1. The first kappa shape index (κ1) is 18.3. The molecule has 0 saturated carbocycles. The fraction of sp³-hybridized carbons (Fsp3) is 0.474. The van der Waals surface area contributed by atoms with Crippen molar-refractivity contribution in [3.8, 4) is 0 Å². The van der Waals surface area contributed by atoms with Gasteiger partial charge >= 0.3 is 0 Å². The van der Waals surface area contributed by atoms with Crippen LogP contribution in [0.15, 0.2) is 18.2 Å². The zero-order valence-electron chi connectivity index (χ0n) is 14.8. The Balaban J connectivity index is 1.94. The van der Waals surface area contributed by atoms with E-state index >= 15 is 0 Å². The summed E-state index contributed by atoms with van der Waals surface area (Å²) in [5.41, 5.74) is 3.55. The van der Waals surface area contributed by atoms with Crippen LogP contribution < -0.4 is 5.32 Å². The molecule has 0 fully saturated rings. The van der Waals surface area contributed by atoms with E-state index in [0.717, 1.165) is 42.5 Å². The van der Waals surface area contributed by atoms with Crippen LogP contribution in [-0.2, 0) is 19.4 Å². The first-order valence-electron chi connectivity index (χ1n) is 8.59. The Hall–Kier alpha value is -1.52. The SMILES string of the molecule is CC(C)(C)NC(=O)c1nn(Cc2ccc(Cl)c(Cl)c2)c2c1CCCC2. The number of nitrogens with zero attached hydrogens (tertiary/aromatic N) is 2. The van der Waals surface area contributed by atoms with Crippen molar-refractivity contribution in [1.82, 2.24) is 15.1 Å². The summed E-state index contributed by atoms with van der Waals surface area (Å²) in [6.45, 7) is 6.51. The molecule has 25 heavy (non-hydrogen) atoms. The highest BCUT2D eigenvalue weighted by atomic mass is 35.5. The van der Waals surface area contributed by atoms with Crippen LogP contribution in [0.4, 0.5) is 0 Å². The molecule has 0 unspecified atom stereocenters. The van der Waals surface area contributed by atoms with E-state index in [1.54, 1.807) is 6.07 Å². The largest absolute Gasteiger partial charge is 0.346 e. The van der Waals surface area contributed by atoms with Gasteiger partial charge in [-0.15, -0.1) is 0 Å². The maximum atomic E-state index is 12.7. The van der Waals surface area contributed by atoms with Crippen LogP contribution in [0.2, 0.25) is 10.0 Å². The highest BCUT2D eigenvalue weighted by Gasteiger charge is 2.27. The number of hydrogen-bond acceptors (Lipinski definition) is 2. The standard InChI is InChI=1S/C19H23Cl2N3O/c1-19(2,3)22-18(25)17-13-6-4-5-7-16(13)24(23-17)11-12-8-9-14(20)15(21)10-12/h8-10H,4-7,11H2,1-3H3,(H,22,25).